The first-order valence-electron chi connectivity index (χ1n) is 11.0. The van der Waals surface area contributed by atoms with Gasteiger partial charge in [-0.25, -0.2) is 0 Å². The van der Waals surface area contributed by atoms with E-state index in [1.165, 1.54) is 12.5 Å². The van der Waals surface area contributed by atoms with Gasteiger partial charge in [-0.05, 0) is 37.5 Å². The Balaban J connectivity index is 1.49. The van der Waals surface area contributed by atoms with E-state index in [1.54, 1.807) is 0 Å². The molecule has 154 valence electrons. The van der Waals surface area contributed by atoms with E-state index < -0.39 is 5.79 Å². The Kier molecular flexibility index (Phi) is 4.13. The molecule has 1 heterocycles. The van der Waals surface area contributed by atoms with Crippen LogP contribution in [0.2, 0.25) is 0 Å². The van der Waals surface area contributed by atoms with Gasteiger partial charge in [-0.15, -0.1) is 0 Å². The number of Topliss-reactive ketones (excluding diaryl/α,β-unsaturated/α-hetero) is 1. The summed E-state index contributed by atoms with van der Waals surface area (Å²) < 4.78 is 17.9. The van der Waals surface area contributed by atoms with Crippen molar-refractivity contribution in [3.05, 3.63) is 11.6 Å². The van der Waals surface area contributed by atoms with E-state index >= 15 is 0 Å². The zero-order valence-electron chi connectivity index (χ0n) is 17.3. The van der Waals surface area contributed by atoms with Crippen LogP contribution in [-0.2, 0) is 23.8 Å². The maximum absolute atomic E-state index is 13.7. The quantitative estimate of drug-likeness (QED) is 0.505. The fourth-order valence-electron chi connectivity index (χ4n) is 7.81. The molecule has 4 aliphatic carbocycles. The first kappa shape index (κ1) is 18.8. The second-order valence-corrected chi connectivity index (χ2v) is 10.2. The summed E-state index contributed by atoms with van der Waals surface area (Å²) in [4.78, 5) is 25.2. The zero-order valence-corrected chi connectivity index (χ0v) is 17.3. The molecule has 5 rings (SSSR count). The van der Waals surface area contributed by atoms with Crippen LogP contribution in [0.25, 0.3) is 0 Å². The molecule has 0 amide bonds. The van der Waals surface area contributed by atoms with Crippen molar-refractivity contribution < 1.29 is 23.8 Å². The van der Waals surface area contributed by atoms with Gasteiger partial charge in [-0.1, -0.05) is 25.5 Å². The van der Waals surface area contributed by atoms with Crippen LogP contribution in [0.4, 0.5) is 0 Å². The van der Waals surface area contributed by atoms with Gasteiger partial charge in [-0.3, -0.25) is 9.59 Å². The van der Waals surface area contributed by atoms with Crippen LogP contribution in [0.3, 0.4) is 0 Å². The molecule has 6 atom stereocenters. The first-order chi connectivity index (χ1) is 13.3. The summed E-state index contributed by atoms with van der Waals surface area (Å²) in [5, 5.41) is 0. The molecule has 1 unspecified atom stereocenters. The van der Waals surface area contributed by atoms with E-state index in [4.69, 9.17) is 14.2 Å². The van der Waals surface area contributed by atoms with Gasteiger partial charge in [0.2, 0.25) is 0 Å². The van der Waals surface area contributed by atoms with Crippen LogP contribution >= 0.6 is 0 Å². The Hall–Kier alpha value is -1.20. The molecule has 0 radical (unpaired) electrons. The molecule has 0 N–H and O–H groups in total. The third kappa shape index (κ3) is 2.38. The fourth-order valence-corrected chi connectivity index (χ4v) is 7.81. The van der Waals surface area contributed by atoms with Gasteiger partial charge in [0.05, 0.1) is 13.2 Å². The highest BCUT2D eigenvalue weighted by molar-refractivity contribution is 5.85. The topological polar surface area (TPSA) is 61.8 Å². The molecule has 1 aliphatic heterocycles. The van der Waals surface area contributed by atoms with Gasteiger partial charge in [0.15, 0.2) is 5.79 Å². The van der Waals surface area contributed by atoms with E-state index in [9.17, 15) is 9.59 Å². The summed E-state index contributed by atoms with van der Waals surface area (Å²) in [7, 11) is 0. The predicted molar refractivity (Wildman–Crippen MR) is 102 cm³/mol. The van der Waals surface area contributed by atoms with E-state index in [0.29, 0.717) is 37.3 Å². The van der Waals surface area contributed by atoms with E-state index in [1.807, 2.05) is 0 Å². The molecule has 3 saturated carbocycles. The SMILES string of the molecule is CC(=O)O[C@@H]1CC=C2CCC3[C@H](C(=O)C[C@@]4(C)[C@H]3CCC43OCCO3)[C@@]2(C)C1. The highest BCUT2D eigenvalue weighted by atomic mass is 16.7. The molecule has 28 heavy (non-hydrogen) atoms. The Morgan fingerprint density at radius 2 is 1.96 bits per heavy atom. The number of carbonyl (C=O) groups excluding carboxylic acids is 2. The largest absolute Gasteiger partial charge is 0.462 e. The molecule has 5 heteroatoms. The van der Waals surface area contributed by atoms with Crippen molar-refractivity contribution in [3.8, 4) is 0 Å². The van der Waals surface area contributed by atoms with Crippen molar-refractivity contribution in [2.45, 2.75) is 77.6 Å². The summed E-state index contributed by atoms with van der Waals surface area (Å²) in [6.45, 7) is 7.24. The maximum Gasteiger partial charge on any atom is 0.302 e. The van der Waals surface area contributed by atoms with Gasteiger partial charge in [0.1, 0.15) is 11.9 Å². The summed E-state index contributed by atoms with van der Waals surface area (Å²) in [5.41, 5.74) is 1.01. The van der Waals surface area contributed by atoms with Crippen LogP contribution in [0.1, 0.15) is 65.7 Å². The van der Waals surface area contributed by atoms with Gasteiger partial charge in [-0.2, -0.15) is 0 Å². The van der Waals surface area contributed by atoms with E-state index in [-0.39, 0.29) is 28.8 Å². The third-order valence-corrected chi connectivity index (χ3v) is 8.84. The van der Waals surface area contributed by atoms with Crippen molar-refractivity contribution in [3.63, 3.8) is 0 Å². The highest BCUT2D eigenvalue weighted by Crippen LogP contribution is 2.68. The molecule has 1 saturated heterocycles. The minimum atomic E-state index is -0.553. The van der Waals surface area contributed by atoms with E-state index in [2.05, 4.69) is 19.9 Å². The average Bonchev–Trinajstić information content (AvgIpc) is 3.20. The van der Waals surface area contributed by atoms with Crippen LogP contribution in [0.5, 0.6) is 0 Å². The van der Waals surface area contributed by atoms with Crippen LogP contribution in [-0.4, -0.2) is 36.9 Å². The molecule has 0 aromatic carbocycles. The van der Waals surface area contributed by atoms with Crippen LogP contribution in [0.15, 0.2) is 11.6 Å². The van der Waals surface area contributed by atoms with Crippen LogP contribution < -0.4 is 0 Å². The molecular weight excluding hydrogens is 356 g/mol. The number of ether oxygens (including phenoxy) is 3. The highest BCUT2D eigenvalue weighted by Gasteiger charge is 2.69. The maximum atomic E-state index is 13.7. The van der Waals surface area contributed by atoms with Crippen molar-refractivity contribution >= 4 is 11.8 Å². The Bertz CT molecular complexity index is 735. The second-order valence-electron chi connectivity index (χ2n) is 10.2. The van der Waals surface area contributed by atoms with Gasteiger partial charge < -0.3 is 14.2 Å². The Morgan fingerprint density at radius 3 is 2.68 bits per heavy atom. The van der Waals surface area contributed by atoms with Gasteiger partial charge in [0, 0.05) is 42.9 Å². The minimum Gasteiger partial charge on any atom is -0.462 e. The number of hydrogen-bond donors (Lipinski definition) is 0. The number of carbonyl (C=O) groups is 2. The molecule has 0 bridgehead atoms. The Labute approximate surface area is 167 Å². The van der Waals surface area contributed by atoms with Crippen molar-refractivity contribution in [2.24, 2.45) is 28.6 Å². The zero-order chi connectivity index (χ0) is 19.7. The average molecular weight is 389 g/mol. The molecule has 1 spiro atoms. The van der Waals surface area contributed by atoms with Crippen molar-refractivity contribution in [2.75, 3.05) is 13.2 Å². The summed E-state index contributed by atoms with van der Waals surface area (Å²) in [5.74, 6) is 0.439. The minimum absolute atomic E-state index is 0.0282. The number of fused-ring (bicyclic) bond motifs is 6. The number of ketones is 1. The number of rotatable bonds is 1. The summed E-state index contributed by atoms with van der Waals surface area (Å²) in [6.07, 6.45) is 8.35. The van der Waals surface area contributed by atoms with Crippen molar-refractivity contribution in [1.82, 2.24) is 0 Å². The second kappa shape index (κ2) is 6.15. The fraction of sp³-hybridized carbons (Fsp3) is 0.826. The smallest absolute Gasteiger partial charge is 0.302 e. The number of allylic oxidation sites excluding steroid dienone is 1. The van der Waals surface area contributed by atoms with Crippen molar-refractivity contribution in [1.29, 1.82) is 0 Å². The molecular formula is C23H32O5. The monoisotopic (exact) mass is 388 g/mol. The number of esters is 1. The molecule has 0 aromatic rings. The number of hydrogen-bond acceptors (Lipinski definition) is 5. The lowest BCUT2D eigenvalue weighted by atomic mass is 9.46. The molecule has 5 aliphatic rings. The lowest BCUT2D eigenvalue weighted by Gasteiger charge is -2.58. The van der Waals surface area contributed by atoms with Crippen LogP contribution in [0, 0.1) is 28.6 Å². The molecule has 4 fully saturated rings. The normalized spacial score (nSPS) is 46.5. The third-order valence-electron chi connectivity index (χ3n) is 8.84. The summed E-state index contributed by atoms with van der Waals surface area (Å²) >= 11 is 0. The van der Waals surface area contributed by atoms with Gasteiger partial charge >= 0.3 is 5.97 Å². The standard InChI is InChI=1S/C23H32O5/c1-14(24)28-16-6-4-15-5-7-17-18-8-9-23(26-10-11-27-23)22(18,3)13-19(25)20(17)21(15,2)12-16/h4,16-18,20H,5-13H2,1-3H3/t16-,17?,18+,20-,21+,22+/m1/s1. The van der Waals surface area contributed by atoms with Gasteiger partial charge in [0.25, 0.3) is 0 Å². The van der Waals surface area contributed by atoms with E-state index in [0.717, 1.165) is 38.5 Å². The molecule has 5 nitrogen and oxygen atoms in total. The lowest BCUT2D eigenvalue weighted by Crippen LogP contribution is -2.59. The first-order valence-corrected chi connectivity index (χ1v) is 11.0. The predicted octanol–water partition coefficient (Wildman–Crippen LogP) is 3.80. The summed E-state index contributed by atoms with van der Waals surface area (Å²) in [6, 6.07) is 0. The molecule has 0 aromatic heterocycles. The lowest BCUT2D eigenvalue weighted by molar-refractivity contribution is -0.239. The Morgan fingerprint density at radius 1 is 1.21 bits per heavy atom.